The molecule has 0 radical (unpaired) electrons. The first-order chi connectivity index (χ1) is 22.8. The van der Waals surface area contributed by atoms with Crippen LogP contribution in [0.5, 0.6) is 0 Å². The number of carbonyl (C=O) groups excluding carboxylic acids is 2. The monoisotopic (exact) mass is 689 g/mol. The summed E-state index contributed by atoms with van der Waals surface area (Å²) in [6.45, 7) is 3.71. The molecular weight excluding hydrogens is 617 g/mol. The molecule has 0 aliphatic heterocycles. The van der Waals surface area contributed by atoms with E-state index in [0.717, 1.165) is 51.4 Å². The topological polar surface area (TPSA) is 134 Å². The first-order valence-corrected chi connectivity index (χ1v) is 20.7. The second-order valence-corrected chi connectivity index (χ2v) is 14.3. The Kier molecular flexibility index (Phi) is 33.7. The SMILES string of the molecule is CCCCCCC/C=C/CCCCCCCC(=O)OC[C@H](COP(=O)(O)OCCN)OC(=O)CCCCCCCCCCCCCC. The van der Waals surface area contributed by atoms with Crippen LogP contribution in [0, 0.1) is 0 Å². The summed E-state index contributed by atoms with van der Waals surface area (Å²) in [5, 5.41) is 0. The van der Waals surface area contributed by atoms with E-state index < -0.39 is 26.5 Å². The molecule has 0 bridgehead atoms. The molecule has 0 saturated carbocycles. The number of allylic oxidation sites excluding steroid dienone is 2. The van der Waals surface area contributed by atoms with Crippen LogP contribution in [-0.4, -0.2) is 49.3 Å². The van der Waals surface area contributed by atoms with Gasteiger partial charge in [-0.15, -0.1) is 0 Å². The number of carbonyl (C=O) groups is 2. The second kappa shape index (κ2) is 34.6. The third-order valence-electron chi connectivity index (χ3n) is 8.15. The van der Waals surface area contributed by atoms with Crippen molar-refractivity contribution in [3.63, 3.8) is 0 Å². The first-order valence-electron chi connectivity index (χ1n) is 19.2. The zero-order chi connectivity index (χ0) is 34.7. The molecule has 1 unspecified atom stereocenters. The molecule has 278 valence electrons. The normalized spacial score (nSPS) is 13.5. The van der Waals surface area contributed by atoms with Crippen molar-refractivity contribution in [3.8, 4) is 0 Å². The average Bonchev–Trinajstić information content (AvgIpc) is 3.05. The Labute approximate surface area is 288 Å². The highest BCUT2D eigenvalue weighted by atomic mass is 31.2. The highest BCUT2D eigenvalue weighted by molar-refractivity contribution is 7.47. The fraction of sp³-hybridized carbons (Fsp3) is 0.892. The molecule has 10 heteroatoms. The minimum atomic E-state index is -4.36. The molecule has 0 saturated heterocycles. The predicted molar refractivity (Wildman–Crippen MR) is 192 cm³/mol. The number of phosphoric ester groups is 1. The molecule has 0 aromatic carbocycles. The summed E-state index contributed by atoms with van der Waals surface area (Å²) < 4.78 is 32.6. The fourth-order valence-electron chi connectivity index (χ4n) is 5.28. The van der Waals surface area contributed by atoms with Gasteiger partial charge in [-0.25, -0.2) is 4.57 Å². The third kappa shape index (κ3) is 34.4. The van der Waals surface area contributed by atoms with E-state index in [1.807, 2.05) is 0 Å². The van der Waals surface area contributed by atoms with E-state index in [-0.39, 0.29) is 38.6 Å². The van der Waals surface area contributed by atoms with E-state index in [1.165, 1.54) is 96.3 Å². The van der Waals surface area contributed by atoms with Gasteiger partial charge in [-0.1, -0.05) is 142 Å². The molecule has 2 atom stereocenters. The number of phosphoric acid groups is 1. The van der Waals surface area contributed by atoms with Gasteiger partial charge in [-0.2, -0.15) is 0 Å². The lowest BCUT2D eigenvalue weighted by Crippen LogP contribution is -2.29. The standard InChI is InChI=1S/C37H72NO8P/c1-3-5-7-9-11-13-15-17-18-20-21-23-25-27-29-36(39)43-33-35(34-45-47(41,42)44-32-31-38)46-37(40)30-28-26-24-22-19-16-14-12-10-8-6-4-2/h15,17,35H,3-14,16,18-34,38H2,1-2H3,(H,41,42)/b17-15+/t35-/m1/s1. The van der Waals surface area contributed by atoms with E-state index in [4.69, 9.17) is 24.3 Å². The van der Waals surface area contributed by atoms with Gasteiger partial charge in [0.25, 0.3) is 0 Å². The van der Waals surface area contributed by atoms with E-state index in [2.05, 4.69) is 26.0 Å². The maximum atomic E-state index is 12.5. The molecular formula is C37H72NO8P. The minimum absolute atomic E-state index is 0.0548. The smallest absolute Gasteiger partial charge is 0.462 e. The Morgan fingerprint density at radius 3 is 1.51 bits per heavy atom. The van der Waals surface area contributed by atoms with Crippen molar-refractivity contribution < 1.29 is 37.6 Å². The summed E-state index contributed by atoms with van der Waals surface area (Å²) in [6.07, 6.45) is 32.4. The molecule has 0 fully saturated rings. The summed E-state index contributed by atoms with van der Waals surface area (Å²) in [6, 6.07) is 0. The average molecular weight is 690 g/mol. The molecule has 0 aliphatic carbocycles. The van der Waals surface area contributed by atoms with Crippen LogP contribution >= 0.6 is 7.82 Å². The third-order valence-corrected chi connectivity index (χ3v) is 9.14. The van der Waals surface area contributed by atoms with Crippen LogP contribution < -0.4 is 5.73 Å². The van der Waals surface area contributed by atoms with Crippen LogP contribution in [0.2, 0.25) is 0 Å². The van der Waals surface area contributed by atoms with Crippen molar-refractivity contribution in [1.29, 1.82) is 0 Å². The van der Waals surface area contributed by atoms with Crippen molar-refractivity contribution in [3.05, 3.63) is 12.2 Å². The van der Waals surface area contributed by atoms with Gasteiger partial charge in [0.05, 0.1) is 13.2 Å². The number of rotatable bonds is 36. The van der Waals surface area contributed by atoms with Gasteiger partial charge in [0.2, 0.25) is 0 Å². The maximum absolute atomic E-state index is 12.5. The van der Waals surface area contributed by atoms with E-state index in [0.29, 0.717) is 6.42 Å². The molecule has 9 nitrogen and oxygen atoms in total. The summed E-state index contributed by atoms with van der Waals surface area (Å²) in [5.41, 5.74) is 5.33. The van der Waals surface area contributed by atoms with E-state index >= 15 is 0 Å². The summed E-state index contributed by atoms with van der Waals surface area (Å²) >= 11 is 0. The lowest BCUT2D eigenvalue weighted by atomic mass is 10.0. The summed E-state index contributed by atoms with van der Waals surface area (Å²) in [5.74, 6) is -0.834. The van der Waals surface area contributed by atoms with E-state index in [1.54, 1.807) is 0 Å². The maximum Gasteiger partial charge on any atom is 0.472 e. The minimum Gasteiger partial charge on any atom is -0.462 e. The molecule has 0 spiro atoms. The number of hydrogen-bond acceptors (Lipinski definition) is 8. The second-order valence-electron chi connectivity index (χ2n) is 12.8. The Bertz CT molecular complexity index is 794. The number of nitrogens with two attached hydrogens (primary N) is 1. The van der Waals surface area contributed by atoms with Crippen molar-refractivity contribution in [1.82, 2.24) is 0 Å². The summed E-state index contributed by atoms with van der Waals surface area (Å²) in [7, 11) is -4.36. The number of ether oxygens (including phenoxy) is 2. The highest BCUT2D eigenvalue weighted by Gasteiger charge is 2.25. The van der Waals surface area contributed by atoms with Gasteiger partial charge in [-0.05, 0) is 38.5 Å². The molecule has 47 heavy (non-hydrogen) atoms. The number of unbranched alkanes of at least 4 members (excludes halogenated alkanes) is 21. The highest BCUT2D eigenvalue weighted by Crippen LogP contribution is 2.43. The van der Waals surface area contributed by atoms with E-state index in [9.17, 15) is 19.0 Å². The zero-order valence-electron chi connectivity index (χ0n) is 30.3. The molecule has 0 aliphatic rings. The van der Waals surface area contributed by atoms with Gasteiger partial charge in [0, 0.05) is 19.4 Å². The first kappa shape index (κ1) is 45.8. The predicted octanol–water partition coefficient (Wildman–Crippen LogP) is 10.3. The number of esters is 2. The van der Waals surface area contributed by atoms with Crippen LogP contribution in [0.1, 0.15) is 181 Å². The van der Waals surface area contributed by atoms with Crippen LogP contribution in [-0.2, 0) is 32.7 Å². The van der Waals surface area contributed by atoms with Crippen molar-refractivity contribution in [2.45, 2.75) is 187 Å². The Hall–Kier alpha value is -1.25. The van der Waals surface area contributed by atoms with Crippen LogP contribution in [0.15, 0.2) is 12.2 Å². The number of hydrogen-bond donors (Lipinski definition) is 2. The fourth-order valence-corrected chi connectivity index (χ4v) is 6.04. The van der Waals surface area contributed by atoms with Crippen molar-refractivity contribution in [2.24, 2.45) is 5.73 Å². The Morgan fingerprint density at radius 2 is 1.04 bits per heavy atom. The van der Waals surface area contributed by atoms with Crippen LogP contribution in [0.25, 0.3) is 0 Å². The molecule has 3 N–H and O–H groups in total. The van der Waals surface area contributed by atoms with Crippen LogP contribution in [0.4, 0.5) is 0 Å². The zero-order valence-corrected chi connectivity index (χ0v) is 31.2. The van der Waals surface area contributed by atoms with Crippen LogP contribution in [0.3, 0.4) is 0 Å². The summed E-state index contributed by atoms with van der Waals surface area (Å²) in [4.78, 5) is 34.7. The molecule has 0 amide bonds. The quantitative estimate of drug-likeness (QED) is 0.0285. The van der Waals surface area contributed by atoms with Crippen molar-refractivity contribution in [2.75, 3.05) is 26.4 Å². The van der Waals surface area contributed by atoms with Gasteiger partial charge in [0.1, 0.15) is 6.61 Å². The van der Waals surface area contributed by atoms with Gasteiger partial charge in [-0.3, -0.25) is 18.6 Å². The molecule has 0 aromatic rings. The molecule has 0 rings (SSSR count). The molecule has 0 aromatic heterocycles. The lowest BCUT2D eigenvalue weighted by Gasteiger charge is -2.19. The largest absolute Gasteiger partial charge is 0.472 e. The van der Waals surface area contributed by atoms with Crippen molar-refractivity contribution >= 4 is 19.8 Å². The van der Waals surface area contributed by atoms with Gasteiger partial charge in [0.15, 0.2) is 6.10 Å². The van der Waals surface area contributed by atoms with Gasteiger partial charge < -0.3 is 20.1 Å². The van der Waals surface area contributed by atoms with Gasteiger partial charge >= 0.3 is 19.8 Å². The lowest BCUT2D eigenvalue weighted by molar-refractivity contribution is -0.161. The Morgan fingerprint density at radius 1 is 0.617 bits per heavy atom. The molecule has 0 heterocycles. The Balaban J connectivity index is 4.21.